The first-order valence-electron chi connectivity index (χ1n) is 7.30. The van der Waals surface area contributed by atoms with Gasteiger partial charge in [-0.1, -0.05) is 19.3 Å². The van der Waals surface area contributed by atoms with Crippen LogP contribution in [0.3, 0.4) is 0 Å². The van der Waals surface area contributed by atoms with Gasteiger partial charge in [-0.2, -0.15) is 0 Å². The summed E-state index contributed by atoms with van der Waals surface area (Å²) in [6.07, 6.45) is 6.63. The zero-order valence-electron chi connectivity index (χ0n) is 11.5. The first kappa shape index (κ1) is 12.3. The van der Waals surface area contributed by atoms with E-state index < -0.39 is 0 Å². The van der Waals surface area contributed by atoms with E-state index in [-0.39, 0.29) is 0 Å². The summed E-state index contributed by atoms with van der Waals surface area (Å²) in [7, 11) is 0. The molecule has 4 heteroatoms. The smallest absolute Gasteiger partial charge is 0.204 e. The van der Waals surface area contributed by atoms with Gasteiger partial charge in [-0.25, -0.2) is 4.98 Å². The number of H-pyrrole nitrogens is 1. The minimum atomic E-state index is 0.636. The van der Waals surface area contributed by atoms with Gasteiger partial charge in [0.05, 0.1) is 11.0 Å². The molecule has 0 saturated heterocycles. The van der Waals surface area contributed by atoms with E-state index in [0.29, 0.717) is 6.04 Å². The largest absolute Gasteiger partial charge is 0.399 e. The van der Waals surface area contributed by atoms with Gasteiger partial charge in [0, 0.05) is 18.3 Å². The molecule has 1 saturated carbocycles. The number of hydrogen-bond donors (Lipinski definition) is 2. The second-order valence-corrected chi connectivity index (χ2v) is 5.41. The lowest BCUT2D eigenvalue weighted by atomic mass is 9.94. The van der Waals surface area contributed by atoms with E-state index in [1.54, 1.807) is 0 Å². The Labute approximate surface area is 114 Å². The number of anilines is 2. The quantitative estimate of drug-likeness (QED) is 0.830. The van der Waals surface area contributed by atoms with Crippen molar-refractivity contribution < 1.29 is 0 Å². The van der Waals surface area contributed by atoms with E-state index in [1.165, 1.54) is 32.1 Å². The van der Waals surface area contributed by atoms with E-state index in [1.807, 2.05) is 18.2 Å². The Morgan fingerprint density at radius 2 is 2.11 bits per heavy atom. The van der Waals surface area contributed by atoms with Crippen molar-refractivity contribution in [1.29, 1.82) is 0 Å². The highest BCUT2D eigenvalue weighted by Crippen LogP contribution is 2.27. The van der Waals surface area contributed by atoms with Crippen molar-refractivity contribution in [1.82, 2.24) is 9.97 Å². The van der Waals surface area contributed by atoms with Crippen molar-refractivity contribution in [3.05, 3.63) is 18.2 Å². The predicted octanol–water partition coefficient (Wildman–Crippen LogP) is 3.30. The van der Waals surface area contributed by atoms with Crippen LogP contribution in [0, 0.1) is 0 Å². The Kier molecular flexibility index (Phi) is 3.32. The summed E-state index contributed by atoms with van der Waals surface area (Å²) in [5.41, 5.74) is 8.63. The predicted molar refractivity (Wildman–Crippen MR) is 80.4 cm³/mol. The fourth-order valence-corrected chi connectivity index (χ4v) is 3.12. The molecule has 19 heavy (non-hydrogen) atoms. The molecule has 0 unspecified atom stereocenters. The molecule has 1 aliphatic carbocycles. The molecule has 4 nitrogen and oxygen atoms in total. The number of imidazole rings is 1. The molecule has 1 aromatic carbocycles. The Bertz CT molecular complexity index is 554. The number of aromatic amines is 1. The summed E-state index contributed by atoms with van der Waals surface area (Å²) >= 11 is 0. The second kappa shape index (κ2) is 5.11. The van der Waals surface area contributed by atoms with E-state index in [4.69, 9.17) is 10.7 Å². The molecule has 1 aromatic heterocycles. The maximum atomic E-state index is 5.82. The maximum Gasteiger partial charge on any atom is 0.204 e. The molecule has 0 spiro atoms. The van der Waals surface area contributed by atoms with Crippen LogP contribution in [0.2, 0.25) is 0 Å². The van der Waals surface area contributed by atoms with Gasteiger partial charge in [0.15, 0.2) is 0 Å². The molecular weight excluding hydrogens is 236 g/mol. The Hall–Kier alpha value is -1.71. The molecule has 102 valence electrons. The lowest BCUT2D eigenvalue weighted by Crippen LogP contribution is -2.37. The molecule has 1 fully saturated rings. The minimum Gasteiger partial charge on any atom is -0.399 e. The normalized spacial score (nSPS) is 16.9. The number of aromatic nitrogens is 2. The number of rotatable bonds is 3. The summed E-state index contributed by atoms with van der Waals surface area (Å²) < 4.78 is 0. The molecule has 1 heterocycles. The number of fused-ring (bicyclic) bond motifs is 1. The highest BCUT2D eigenvalue weighted by Gasteiger charge is 2.22. The molecule has 3 rings (SSSR count). The fraction of sp³-hybridized carbons (Fsp3) is 0.533. The first-order chi connectivity index (χ1) is 9.28. The highest BCUT2D eigenvalue weighted by molar-refractivity contribution is 5.80. The van der Waals surface area contributed by atoms with E-state index in [2.05, 4.69) is 16.8 Å². The zero-order chi connectivity index (χ0) is 13.2. The first-order valence-corrected chi connectivity index (χ1v) is 7.30. The van der Waals surface area contributed by atoms with Gasteiger partial charge in [-0.05, 0) is 38.0 Å². The van der Waals surface area contributed by atoms with E-state index >= 15 is 0 Å². The monoisotopic (exact) mass is 258 g/mol. The van der Waals surface area contributed by atoms with Crippen LogP contribution in [0.5, 0.6) is 0 Å². The summed E-state index contributed by atoms with van der Waals surface area (Å²) in [4.78, 5) is 10.5. The van der Waals surface area contributed by atoms with Crippen molar-refractivity contribution in [2.45, 2.75) is 45.1 Å². The molecule has 0 radical (unpaired) electrons. The molecule has 1 aliphatic rings. The molecule has 3 N–H and O–H groups in total. The van der Waals surface area contributed by atoms with Crippen molar-refractivity contribution in [2.24, 2.45) is 0 Å². The van der Waals surface area contributed by atoms with Gasteiger partial charge in [-0.3, -0.25) is 0 Å². The Morgan fingerprint density at radius 1 is 1.32 bits per heavy atom. The lowest BCUT2D eigenvalue weighted by Gasteiger charge is -2.33. The molecule has 2 aromatic rings. The van der Waals surface area contributed by atoms with Crippen LogP contribution < -0.4 is 10.6 Å². The molecule has 0 bridgehead atoms. The summed E-state index contributed by atoms with van der Waals surface area (Å²) in [5, 5.41) is 0. The van der Waals surface area contributed by atoms with Gasteiger partial charge in [-0.15, -0.1) is 0 Å². The summed E-state index contributed by atoms with van der Waals surface area (Å²) in [6.45, 7) is 3.20. The number of nitrogen functional groups attached to an aromatic ring is 1. The van der Waals surface area contributed by atoms with Crippen LogP contribution in [0.25, 0.3) is 11.0 Å². The van der Waals surface area contributed by atoms with Crippen LogP contribution in [-0.2, 0) is 0 Å². The van der Waals surface area contributed by atoms with Gasteiger partial charge in [0.2, 0.25) is 5.95 Å². The second-order valence-electron chi connectivity index (χ2n) is 5.41. The number of nitrogens with two attached hydrogens (primary N) is 1. The van der Waals surface area contributed by atoms with E-state index in [0.717, 1.165) is 29.2 Å². The van der Waals surface area contributed by atoms with Crippen LogP contribution in [0.4, 0.5) is 11.6 Å². The number of nitrogens with zero attached hydrogens (tertiary/aromatic N) is 2. The zero-order valence-corrected chi connectivity index (χ0v) is 11.5. The third kappa shape index (κ3) is 2.39. The van der Waals surface area contributed by atoms with Crippen LogP contribution in [0.15, 0.2) is 18.2 Å². The minimum absolute atomic E-state index is 0.636. The van der Waals surface area contributed by atoms with Crippen LogP contribution in [0.1, 0.15) is 39.0 Å². The van der Waals surface area contributed by atoms with E-state index in [9.17, 15) is 0 Å². The third-order valence-electron chi connectivity index (χ3n) is 4.12. The standard InChI is InChI=1S/C15H22N4/c1-2-19(12-6-4-3-5-7-12)15-17-13-9-8-11(16)10-14(13)18-15/h8-10,12H,2-7,16H2,1H3,(H,17,18). The number of benzene rings is 1. The maximum absolute atomic E-state index is 5.82. The van der Waals surface area contributed by atoms with Crippen molar-refractivity contribution >= 4 is 22.7 Å². The van der Waals surface area contributed by atoms with Gasteiger partial charge < -0.3 is 15.6 Å². The van der Waals surface area contributed by atoms with Gasteiger partial charge in [0.25, 0.3) is 0 Å². The van der Waals surface area contributed by atoms with Gasteiger partial charge in [0.1, 0.15) is 0 Å². The van der Waals surface area contributed by atoms with Crippen molar-refractivity contribution in [3.8, 4) is 0 Å². The van der Waals surface area contributed by atoms with Crippen LogP contribution >= 0.6 is 0 Å². The van der Waals surface area contributed by atoms with Gasteiger partial charge >= 0.3 is 0 Å². The lowest BCUT2D eigenvalue weighted by molar-refractivity contribution is 0.415. The average Bonchev–Trinajstić information content (AvgIpc) is 2.83. The van der Waals surface area contributed by atoms with Crippen molar-refractivity contribution in [2.75, 3.05) is 17.2 Å². The average molecular weight is 258 g/mol. The Balaban J connectivity index is 1.91. The van der Waals surface area contributed by atoms with Crippen LogP contribution in [-0.4, -0.2) is 22.6 Å². The number of hydrogen-bond acceptors (Lipinski definition) is 3. The molecular formula is C15H22N4. The number of nitrogens with one attached hydrogen (secondary N) is 1. The summed E-state index contributed by atoms with van der Waals surface area (Å²) in [6, 6.07) is 6.49. The molecule has 0 amide bonds. The fourth-order valence-electron chi connectivity index (χ4n) is 3.12. The summed E-state index contributed by atoms with van der Waals surface area (Å²) in [5.74, 6) is 0.995. The molecule has 0 atom stereocenters. The highest BCUT2D eigenvalue weighted by atomic mass is 15.3. The third-order valence-corrected chi connectivity index (χ3v) is 4.12. The van der Waals surface area contributed by atoms with Crippen molar-refractivity contribution in [3.63, 3.8) is 0 Å². The topological polar surface area (TPSA) is 57.9 Å². The SMILES string of the molecule is CCN(c1nc2ccc(N)cc2[nH]1)C1CCCCC1. The Morgan fingerprint density at radius 3 is 2.84 bits per heavy atom. The molecule has 0 aliphatic heterocycles.